The van der Waals surface area contributed by atoms with E-state index in [0.717, 1.165) is 0 Å². The molecule has 0 aliphatic heterocycles. The number of hydrogen-bond donors (Lipinski definition) is 3. The molecule has 1 heterocycles. The van der Waals surface area contributed by atoms with E-state index in [1.54, 1.807) is 0 Å². The first kappa shape index (κ1) is 11.1. The zero-order valence-corrected chi connectivity index (χ0v) is 9.26. The van der Waals surface area contributed by atoms with Crippen LogP contribution in [0.15, 0.2) is 6.07 Å². The molecule has 0 atom stereocenters. The van der Waals surface area contributed by atoms with Gasteiger partial charge in [-0.2, -0.15) is 9.97 Å². The van der Waals surface area contributed by atoms with Crippen molar-refractivity contribution in [3.8, 4) is 23.4 Å². The maximum atomic E-state index is 9.63. The highest BCUT2D eigenvalue weighted by atomic mass is 16.5. The van der Waals surface area contributed by atoms with Gasteiger partial charge in [-0.05, 0) is 0 Å². The molecule has 0 unspecified atom stereocenters. The van der Waals surface area contributed by atoms with Crippen LogP contribution in [0.25, 0.3) is 10.9 Å². The Morgan fingerprint density at radius 2 is 1.88 bits per heavy atom. The van der Waals surface area contributed by atoms with E-state index >= 15 is 0 Å². The van der Waals surface area contributed by atoms with Crippen molar-refractivity contribution in [2.45, 2.75) is 0 Å². The van der Waals surface area contributed by atoms with E-state index in [1.165, 1.54) is 20.3 Å². The minimum Gasteiger partial charge on any atom is -0.493 e. The predicted octanol–water partition coefficient (Wildman–Crippen LogP) is 0.640. The fourth-order valence-corrected chi connectivity index (χ4v) is 1.61. The van der Waals surface area contributed by atoms with Crippen LogP contribution in [0.3, 0.4) is 0 Å². The summed E-state index contributed by atoms with van der Waals surface area (Å²) in [5.41, 5.74) is 6.25. The molecule has 0 spiro atoms. The van der Waals surface area contributed by atoms with Crippen molar-refractivity contribution in [3.05, 3.63) is 6.07 Å². The highest BCUT2D eigenvalue weighted by Crippen LogP contribution is 2.42. The number of hydrogen-bond acceptors (Lipinski definition) is 7. The van der Waals surface area contributed by atoms with Crippen molar-refractivity contribution >= 4 is 16.6 Å². The molecule has 0 saturated carbocycles. The van der Waals surface area contributed by atoms with Crippen LogP contribution < -0.4 is 15.2 Å². The fraction of sp³-hybridized carbons (Fsp3) is 0.200. The number of fused-ring (bicyclic) bond motifs is 1. The molecule has 7 nitrogen and oxygen atoms in total. The molecule has 2 rings (SSSR count). The average molecular weight is 237 g/mol. The normalized spacial score (nSPS) is 10.5. The van der Waals surface area contributed by atoms with Crippen LogP contribution in [0.2, 0.25) is 0 Å². The lowest BCUT2D eigenvalue weighted by Crippen LogP contribution is -1.99. The molecule has 0 amide bonds. The Bertz CT molecular complexity index is 586. The molecular weight excluding hydrogens is 226 g/mol. The van der Waals surface area contributed by atoms with Crippen molar-refractivity contribution in [2.24, 2.45) is 0 Å². The van der Waals surface area contributed by atoms with Gasteiger partial charge in [0.15, 0.2) is 11.5 Å². The molecule has 0 saturated heterocycles. The second kappa shape index (κ2) is 3.85. The lowest BCUT2D eigenvalue weighted by Gasteiger charge is -2.12. The predicted molar refractivity (Wildman–Crippen MR) is 60.4 cm³/mol. The van der Waals surface area contributed by atoms with E-state index in [9.17, 15) is 10.2 Å². The first-order chi connectivity index (χ1) is 8.08. The maximum Gasteiger partial charge on any atom is 0.317 e. The number of aromatic nitrogens is 2. The van der Waals surface area contributed by atoms with Crippen LogP contribution >= 0.6 is 0 Å². The molecule has 2 aromatic rings. The number of benzene rings is 1. The van der Waals surface area contributed by atoms with Gasteiger partial charge in [0.25, 0.3) is 0 Å². The zero-order chi connectivity index (χ0) is 12.6. The second-order valence-electron chi connectivity index (χ2n) is 3.27. The summed E-state index contributed by atoms with van der Waals surface area (Å²) in [6.45, 7) is 0. The lowest BCUT2D eigenvalue weighted by molar-refractivity contribution is 0.356. The van der Waals surface area contributed by atoms with E-state index < -0.39 is 11.9 Å². The third-order valence-corrected chi connectivity index (χ3v) is 2.34. The minimum absolute atomic E-state index is 0.152. The smallest absolute Gasteiger partial charge is 0.317 e. The zero-order valence-electron chi connectivity index (χ0n) is 9.26. The van der Waals surface area contributed by atoms with Crippen molar-refractivity contribution in [3.63, 3.8) is 0 Å². The third kappa shape index (κ3) is 1.61. The summed E-state index contributed by atoms with van der Waals surface area (Å²) < 4.78 is 10.2. The number of aromatic hydroxyl groups is 2. The van der Waals surface area contributed by atoms with Gasteiger partial charge < -0.3 is 25.4 Å². The summed E-state index contributed by atoms with van der Waals surface area (Å²) in [4.78, 5) is 7.17. The molecule has 0 bridgehead atoms. The molecule has 17 heavy (non-hydrogen) atoms. The van der Waals surface area contributed by atoms with E-state index in [2.05, 4.69) is 9.97 Å². The Morgan fingerprint density at radius 3 is 2.47 bits per heavy atom. The Hall–Kier alpha value is -2.44. The number of rotatable bonds is 2. The van der Waals surface area contributed by atoms with Gasteiger partial charge >= 0.3 is 6.01 Å². The third-order valence-electron chi connectivity index (χ3n) is 2.34. The van der Waals surface area contributed by atoms with Gasteiger partial charge in [-0.1, -0.05) is 0 Å². The Balaban J connectivity index is 2.90. The summed E-state index contributed by atoms with van der Waals surface area (Å²) in [6.07, 6.45) is 0. The summed E-state index contributed by atoms with van der Waals surface area (Å²) in [6, 6.07) is 0.952. The van der Waals surface area contributed by atoms with Gasteiger partial charge in [0, 0.05) is 6.07 Å². The molecule has 0 aliphatic carbocycles. The molecule has 0 radical (unpaired) electrons. The maximum absolute atomic E-state index is 9.63. The summed E-state index contributed by atoms with van der Waals surface area (Å²) in [5, 5.41) is 19.0. The molecular formula is C10H11N3O4. The quantitative estimate of drug-likeness (QED) is 0.657. The fourth-order valence-electron chi connectivity index (χ4n) is 1.61. The topological polar surface area (TPSA) is 111 Å². The number of anilines is 1. The van der Waals surface area contributed by atoms with Crippen molar-refractivity contribution in [1.29, 1.82) is 0 Å². The minimum atomic E-state index is -0.540. The average Bonchev–Trinajstić information content (AvgIpc) is 2.27. The number of nitrogens with two attached hydrogens (primary N) is 1. The Kier molecular flexibility index (Phi) is 2.51. The highest BCUT2D eigenvalue weighted by Gasteiger charge is 2.17. The molecule has 90 valence electrons. The standard InChI is InChI=1S/C10H11N3O4/c1-16-5-3-4-6(7(11)8(5)17-2)9(14)13-10(15)12-4/h3H,11H2,1-2H3,(H2,12,13,14,15). The van der Waals surface area contributed by atoms with Gasteiger partial charge in [-0.15, -0.1) is 0 Å². The van der Waals surface area contributed by atoms with E-state index in [-0.39, 0.29) is 22.3 Å². The molecule has 0 aliphatic rings. The number of ether oxygens (including phenoxy) is 2. The SMILES string of the molecule is COc1cc2nc(O)nc(O)c2c(N)c1OC. The largest absolute Gasteiger partial charge is 0.493 e. The molecule has 1 aromatic carbocycles. The second-order valence-corrected chi connectivity index (χ2v) is 3.27. The van der Waals surface area contributed by atoms with Crippen molar-refractivity contribution in [1.82, 2.24) is 9.97 Å². The molecule has 4 N–H and O–H groups in total. The number of nitrogen functional groups attached to an aromatic ring is 1. The van der Waals surface area contributed by atoms with Gasteiger partial charge in [-0.25, -0.2) is 0 Å². The van der Waals surface area contributed by atoms with Crippen LogP contribution in [-0.4, -0.2) is 34.4 Å². The van der Waals surface area contributed by atoms with E-state index in [1.807, 2.05) is 0 Å². The summed E-state index contributed by atoms with van der Waals surface area (Å²) >= 11 is 0. The molecule has 1 aromatic heterocycles. The monoisotopic (exact) mass is 237 g/mol. The Labute approximate surface area is 96.4 Å². The van der Waals surface area contributed by atoms with Crippen LogP contribution in [0.4, 0.5) is 5.69 Å². The van der Waals surface area contributed by atoms with Crippen molar-refractivity contribution in [2.75, 3.05) is 20.0 Å². The van der Waals surface area contributed by atoms with Gasteiger partial charge in [0.1, 0.15) is 0 Å². The summed E-state index contributed by atoms with van der Waals surface area (Å²) in [5.74, 6) is 0.227. The van der Waals surface area contributed by atoms with Gasteiger partial charge in [-0.3, -0.25) is 0 Å². The number of nitrogens with zero attached hydrogens (tertiary/aromatic N) is 2. The van der Waals surface area contributed by atoms with Gasteiger partial charge in [0.05, 0.1) is 30.8 Å². The van der Waals surface area contributed by atoms with E-state index in [0.29, 0.717) is 5.75 Å². The van der Waals surface area contributed by atoms with Crippen molar-refractivity contribution < 1.29 is 19.7 Å². The van der Waals surface area contributed by atoms with Crippen LogP contribution in [-0.2, 0) is 0 Å². The Morgan fingerprint density at radius 1 is 1.18 bits per heavy atom. The highest BCUT2D eigenvalue weighted by molar-refractivity contribution is 5.99. The summed E-state index contributed by atoms with van der Waals surface area (Å²) in [7, 11) is 2.88. The van der Waals surface area contributed by atoms with Gasteiger partial charge in [0.2, 0.25) is 5.88 Å². The van der Waals surface area contributed by atoms with E-state index in [4.69, 9.17) is 15.2 Å². The lowest BCUT2D eigenvalue weighted by atomic mass is 10.1. The molecule has 0 fully saturated rings. The number of methoxy groups -OCH3 is 2. The first-order valence-electron chi connectivity index (χ1n) is 4.68. The van der Waals surface area contributed by atoms with Crippen LogP contribution in [0.1, 0.15) is 0 Å². The first-order valence-corrected chi connectivity index (χ1v) is 4.68. The van der Waals surface area contributed by atoms with Crippen LogP contribution in [0, 0.1) is 0 Å². The molecule has 7 heteroatoms. The van der Waals surface area contributed by atoms with Crippen LogP contribution in [0.5, 0.6) is 23.4 Å².